The molecule has 1 saturated heterocycles. The van der Waals surface area contributed by atoms with Crippen LogP contribution in [0.15, 0.2) is 64.7 Å². The molecular weight excluding hydrogens is 398 g/mol. The average Bonchev–Trinajstić information content (AvgIpc) is 3.28. The van der Waals surface area contributed by atoms with E-state index in [0.29, 0.717) is 22.6 Å². The summed E-state index contributed by atoms with van der Waals surface area (Å²) in [5.41, 5.74) is 3.43. The molecule has 3 aromatic rings. The number of rotatable bonds is 5. The predicted molar refractivity (Wildman–Crippen MR) is 114 cm³/mol. The van der Waals surface area contributed by atoms with Crippen LogP contribution in [0.2, 0.25) is 0 Å². The van der Waals surface area contributed by atoms with Crippen LogP contribution >= 0.6 is 0 Å². The van der Waals surface area contributed by atoms with Gasteiger partial charge in [-0.3, -0.25) is 19.8 Å². The van der Waals surface area contributed by atoms with Gasteiger partial charge in [-0.25, -0.2) is 4.79 Å². The first-order valence-electron chi connectivity index (χ1n) is 9.57. The van der Waals surface area contributed by atoms with E-state index >= 15 is 0 Å². The molecule has 1 N–H and O–H groups in total. The van der Waals surface area contributed by atoms with Crippen molar-refractivity contribution in [3.05, 3.63) is 92.9 Å². The molecule has 0 saturated carbocycles. The number of carbonyl (C=O) groups is 2. The van der Waals surface area contributed by atoms with E-state index in [0.717, 1.165) is 16.0 Å². The minimum Gasteiger partial charge on any atom is -0.457 e. The molecule has 1 aliphatic heterocycles. The summed E-state index contributed by atoms with van der Waals surface area (Å²) in [6.07, 6.45) is 1.47. The smallest absolute Gasteiger partial charge is 0.329 e. The Hall–Kier alpha value is -4.20. The molecule has 2 aromatic carbocycles. The minimum atomic E-state index is -0.490. The van der Waals surface area contributed by atoms with Crippen LogP contribution in [0.1, 0.15) is 22.5 Å². The maximum atomic E-state index is 12.7. The second-order valence-corrected chi connectivity index (χ2v) is 7.33. The van der Waals surface area contributed by atoms with E-state index in [1.165, 1.54) is 18.2 Å². The molecule has 0 radical (unpaired) electrons. The third-order valence-corrected chi connectivity index (χ3v) is 4.99. The molecule has 0 spiro atoms. The third-order valence-electron chi connectivity index (χ3n) is 4.99. The van der Waals surface area contributed by atoms with Crippen molar-refractivity contribution >= 4 is 23.7 Å². The Balaban J connectivity index is 1.55. The first kappa shape index (κ1) is 20.1. The maximum absolute atomic E-state index is 12.7. The number of nitrogens with zero attached hydrogens (tertiary/aromatic N) is 2. The molecule has 0 bridgehead atoms. The number of nitro benzene ring substituents is 1. The molecule has 156 valence electrons. The number of benzene rings is 2. The minimum absolute atomic E-state index is 0.00288. The molecule has 0 aliphatic carbocycles. The fourth-order valence-corrected chi connectivity index (χ4v) is 3.46. The lowest BCUT2D eigenvalue weighted by molar-refractivity contribution is -0.384. The summed E-state index contributed by atoms with van der Waals surface area (Å²) in [6, 6.07) is 15.0. The molecule has 0 atom stereocenters. The van der Waals surface area contributed by atoms with E-state index in [2.05, 4.69) is 5.32 Å². The largest absolute Gasteiger partial charge is 0.457 e. The molecule has 4 rings (SSSR count). The van der Waals surface area contributed by atoms with E-state index in [4.69, 9.17) is 4.42 Å². The van der Waals surface area contributed by atoms with Crippen LogP contribution in [0.3, 0.4) is 0 Å². The number of nitrogens with one attached hydrogen (secondary N) is 1. The summed E-state index contributed by atoms with van der Waals surface area (Å²) in [5.74, 6) is 0.456. The number of hydrogen-bond donors (Lipinski definition) is 1. The van der Waals surface area contributed by atoms with Crippen molar-refractivity contribution < 1.29 is 18.9 Å². The van der Waals surface area contributed by atoms with Crippen LogP contribution in [-0.4, -0.2) is 21.8 Å². The maximum Gasteiger partial charge on any atom is 0.329 e. The highest BCUT2D eigenvalue weighted by molar-refractivity contribution is 6.13. The lowest BCUT2D eigenvalue weighted by atomic mass is 10.1. The Kier molecular flexibility index (Phi) is 5.12. The molecule has 8 heteroatoms. The number of non-ortho nitro benzene ring substituents is 1. The van der Waals surface area contributed by atoms with E-state index in [-0.39, 0.29) is 17.9 Å². The van der Waals surface area contributed by atoms with Crippen LogP contribution in [0.25, 0.3) is 17.4 Å². The van der Waals surface area contributed by atoms with Gasteiger partial charge in [-0.15, -0.1) is 0 Å². The number of carbonyl (C=O) groups excluding carboxylic acids is 2. The highest BCUT2D eigenvalue weighted by atomic mass is 16.6. The Morgan fingerprint density at radius 3 is 2.61 bits per heavy atom. The van der Waals surface area contributed by atoms with Crippen LogP contribution in [0, 0.1) is 24.0 Å². The van der Waals surface area contributed by atoms with Gasteiger partial charge in [0.1, 0.15) is 17.2 Å². The van der Waals surface area contributed by atoms with Gasteiger partial charge in [0.05, 0.1) is 11.5 Å². The Labute approximate surface area is 177 Å². The van der Waals surface area contributed by atoms with Crippen molar-refractivity contribution in [2.45, 2.75) is 20.4 Å². The Morgan fingerprint density at radius 1 is 1.10 bits per heavy atom. The zero-order valence-corrected chi connectivity index (χ0v) is 16.9. The fraction of sp³-hybridized carbons (Fsp3) is 0.130. The predicted octanol–water partition coefficient (Wildman–Crippen LogP) is 4.56. The molecule has 31 heavy (non-hydrogen) atoms. The molecule has 1 fully saturated rings. The van der Waals surface area contributed by atoms with E-state index in [1.807, 2.05) is 31.2 Å². The lowest BCUT2D eigenvalue weighted by Crippen LogP contribution is -2.30. The monoisotopic (exact) mass is 417 g/mol. The van der Waals surface area contributed by atoms with E-state index in [9.17, 15) is 19.7 Å². The van der Waals surface area contributed by atoms with Crippen molar-refractivity contribution in [3.63, 3.8) is 0 Å². The Bertz CT molecular complexity index is 1240. The summed E-state index contributed by atoms with van der Waals surface area (Å²) in [6.45, 7) is 3.88. The normalized spacial score (nSPS) is 14.9. The summed E-state index contributed by atoms with van der Waals surface area (Å²) in [7, 11) is 0. The molecule has 2 heterocycles. The van der Waals surface area contributed by atoms with Crippen molar-refractivity contribution in [1.29, 1.82) is 0 Å². The molecule has 1 aliphatic rings. The van der Waals surface area contributed by atoms with Gasteiger partial charge in [0, 0.05) is 23.8 Å². The van der Waals surface area contributed by atoms with Crippen molar-refractivity contribution in [3.8, 4) is 11.3 Å². The van der Waals surface area contributed by atoms with Crippen LogP contribution in [0.5, 0.6) is 0 Å². The fourth-order valence-electron chi connectivity index (χ4n) is 3.46. The first-order valence-corrected chi connectivity index (χ1v) is 9.57. The Morgan fingerprint density at radius 2 is 1.90 bits per heavy atom. The number of amides is 3. The molecule has 0 unspecified atom stereocenters. The molecule has 8 nitrogen and oxygen atoms in total. The van der Waals surface area contributed by atoms with Crippen molar-refractivity contribution in [1.82, 2.24) is 10.2 Å². The number of imide groups is 1. The van der Waals surface area contributed by atoms with Gasteiger partial charge in [0.15, 0.2) is 0 Å². The number of aryl methyl sites for hydroxylation is 2. The zero-order chi connectivity index (χ0) is 22.1. The van der Waals surface area contributed by atoms with Crippen LogP contribution < -0.4 is 5.32 Å². The molecule has 3 amide bonds. The van der Waals surface area contributed by atoms with Crippen molar-refractivity contribution in [2.24, 2.45) is 0 Å². The van der Waals surface area contributed by atoms with E-state index < -0.39 is 16.9 Å². The average molecular weight is 417 g/mol. The van der Waals surface area contributed by atoms with Gasteiger partial charge in [0.2, 0.25) is 0 Å². The second kappa shape index (κ2) is 7.91. The number of nitro groups is 1. The molecule has 1 aromatic heterocycles. The summed E-state index contributed by atoms with van der Waals surface area (Å²) < 4.78 is 5.80. The number of urea groups is 1. The summed E-state index contributed by atoms with van der Waals surface area (Å²) in [4.78, 5) is 36.6. The van der Waals surface area contributed by atoms with Gasteiger partial charge >= 0.3 is 6.03 Å². The van der Waals surface area contributed by atoms with Gasteiger partial charge < -0.3 is 9.73 Å². The van der Waals surface area contributed by atoms with Gasteiger partial charge in [-0.05, 0) is 43.2 Å². The number of hydrogen-bond acceptors (Lipinski definition) is 5. The summed E-state index contributed by atoms with van der Waals surface area (Å²) in [5, 5.41) is 13.5. The van der Waals surface area contributed by atoms with Crippen LogP contribution in [0.4, 0.5) is 10.5 Å². The SMILES string of the molecule is Cc1cccc(CN2C(=O)N/C(=C\c3ccc(-c4ccc([N+](=O)[O-])cc4C)o3)C2=O)c1. The topological polar surface area (TPSA) is 106 Å². The van der Waals surface area contributed by atoms with Crippen molar-refractivity contribution in [2.75, 3.05) is 0 Å². The summed E-state index contributed by atoms with van der Waals surface area (Å²) >= 11 is 0. The second-order valence-electron chi connectivity index (χ2n) is 7.33. The third kappa shape index (κ3) is 4.09. The van der Waals surface area contributed by atoms with Gasteiger partial charge in [0.25, 0.3) is 11.6 Å². The highest BCUT2D eigenvalue weighted by Gasteiger charge is 2.33. The van der Waals surface area contributed by atoms with E-state index in [1.54, 1.807) is 25.1 Å². The number of furan rings is 1. The van der Waals surface area contributed by atoms with Gasteiger partial charge in [-0.1, -0.05) is 29.8 Å². The quantitative estimate of drug-likeness (QED) is 0.283. The standard InChI is InChI=1S/C23H19N3O5/c1-14-4-3-5-16(10-14)13-25-22(27)20(24-23(25)28)12-18-7-9-21(31-18)19-8-6-17(26(29)30)11-15(19)2/h3-12H,13H2,1-2H3,(H,24,28)/b20-12-. The first-order chi connectivity index (χ1) is 14.8. The van der Waals surface area contributed by atoms with Gasteiger partial charge in [-0.2, -0.15) is 0 Å². The lowest BCUT2D eigenvalue weighted by Gasteiger charge is -2.12. The highest BCUT2D eigenvalue weighted by Crippen LogP contribution is 2.29. The van der Waals surface area contributed by atoms with Crippen LogP contribution in [-0.2, 0) is 11.3 Å². The zero-order valence-electron chi connectivity index (χ0n) is 16.9. The molecular formula is C23H19N3O5.